The van der Waals surface area contributed by atoms with E-state index in [0.29, 0.717) is 0 Å². The Morgan fingerprint density at radius 2 is 2.07 bits per heavy atom. The maximum absolute atomic E-state index is 4.25. The van der Waals surface area contributed by atoms with Crippen molar-refractivity contribution in [2.75, 3.05) is 5.75 Å². The van der Waals surface area contributed by atoms with Gasteiger partial charge in [0.25, 0.3) is 0 Å². The molecule has 0 amide bonds. The molecule has 0 bridgehead atoms. The van der Waals surface area contributed by atoms with E-state index in [4.69, 9.17) is 0 Å². The molecular formula is C12H14N2S. The van der Waals surface area contributed by atoms with E-state index in [0.717, 1.165) is 18.6 Å². The normalized spacial score (nSPS) is 10.5. The van der Waals surface area contributed by atoms with Crippen LogP contribution < -0.4 is 0 Å². The molecule has 15 heavy (non-hydrogen) atoms. The Morgan fingerprint density at radius 3 is 2.80 bits per heavy atom. The Balaban J connectivity index is 2.30. The third-order valence-electron chi connectivity index (χ3n) is 2.35. The predicted octanol–water partition coefficient (Wildman–Crippen LogP) is 2.73. The lowest BCUT2D eigenvalue weighted by atomic mass is 10.1. The first-order valence-electron chi connectivity index (χ1n) is 5.10. The number of hydrogen-bond acceptors (Lipinski definition) is 2. The van der Waals surface area contributed by atoms with Gasteiger partial charge in [-0.1, -0.05) is 18.2 Å². The average Bonchev–Trinajstić information content (AvgIpc) is 2.80. The number of benzene rings is 1. The van der Waals surface area contributed by atoms with Gasteiger partial charge < -0.3 is 0 Å². The summed E-state index contributed by atoms with van der Waals surface area (Å²) in [6.07, 6.45) is 5.93. The molecular weight excluding hydrogens is 204 g/mol. The highest BCUT2D eigenvalue weighted by atomic mass is 32.1. The number of nitrogens with zero attached hydrogens (tertiary/aromatic N) is 2. The van der Waals surface area contributed by atoms with E-state index in [9.17, 15) is 0 Å². The molecule has 1 heterocycles. The second kappa shape index (κ2) is 5.03. The number of thiol groups is 1. The molecule has 0 fully saturated rings. The van der Waals surface area contributed by atoms with Crippen LogP contribution in [0.3, 0.4) is 0 Å². The molecule has 1 aromatic heterocycles. The van der Waals surface area contributed by atoms with E-state index in [-0.39, 0.29) is 0 Å². The lowest BCUT2D eigenvalue weighted by Crippen LogP contribution is -2.00. The van der Waals surface area contributed by atoms with E-state index in [2.05, 4.69) is 35.9 Å². The van der Waals surface area contributed by atoms with E-state index < -0.39 is 0 Å². The first-order valence-corrected chi connectivity index (χ1v) is 5.74. The van der Waals surface area contributed by atoms with Crippen molar-refractivity contribution in [3.8, 4) is 5.69 Å². The molecule has 0 N–H and O–H groups in total. The standard InChI is InChI=1S/C12H14N2S/c15-10-3-6-11-5-1-2-7-12(11)14-9-4-8-13-14/h1-2,4-5,7-9,15H,3,6,10H2. The summed E-state index contributed by atoms with van der Waals surface area (Å²) in [5.74, 6) is 0.924. The van der Waals surface area contributed by atoms with Crippen LogP contribution in [0.5, 0.6) is 0 Å². The fourth-order valence-corrected chi connectivity index (χ4v) is 1.78. The van der Waals surface area contributed by atoms with Crippen LogP contribution >= 0.6 is 12.6 Å². The summed E-state index contributed by atoms with van der Waals surface area (Å²) in [5, 5.41) is 4.25. The van der Waals surface area contributed by atoms with Gasteiger partial charge in [-0.05, 0) is 36.3 Å². The highest BCUT2D eigenvalue weighted by molar-refractivity contribution is 7.80. The van der Waals surface area contributed by atoms with Crippen molar-refractivity contribution < 1.29 is 0 Å². The summed E-state index contributed by atoms with van der Waals surface area (Å²) in [6, 6.07) is 10.3. The number of rotatable bonds is 4. The van der Waals surface area contributed by atoms with Gasteiger partial charge in [-0.3, -0.25) is 0 Å². The summed E-state index contributed by atoms with van der Waals surface area (Å²) < 4.78 is 1.91. The van der Waals surface area contributed by atoms with Gasteiger partial charge in [-0.25, -0.2) is 4.68 Å². The van der Waals surface area contributed by atoms with Gasteiger partial charge in [0.05, 0.1) is 5.69 Å². The smallest absolute Gasteiger partial charge is 0.0677 e. The Hall–Kier alpha value is -1.22. The molecule has 78 valence electrons. The monoisotopic (exact) mass is 218 g/mol. The van der Waals surface area contributed by atoms with Crippen molar-refractivity contribution in [3.05, 3.63) is 48.3 Å². The molecule has 0 aliphatic rings. The zero-order valence-corrected chi connectivity index (χ0v) is 9.40. The molecule has 1 aromatic carbocycles. The van der Waals surface area contributed by atoms with Crippen LogP contribution in [0.4, 0.5) is 0 Å². The molecule has 0 radical (unpaired) electrons. The lowest BCUT2D eigenvalue weighted by molar-refractivity contribution is 0.843. The van der Waals surface area contributed by atoms with E-state index >= 15 is 0 Å². The van der Waals surface area contributed by atoms with Gasteiger partial charge in [0.2, 0.25) is 0 Å². The molecule has 2 nitrogen and oxygen atoms in total. The molecule has 0 saturated carbocycles. The molecule has 0 atom stereocenters. The van der Waals surface area contributed by atoms with Gasteiger partial charge in [0.15, 0.2) is 0 Å². The minimum absolute atomic E-state index is 0.924. The minimum Gasteiger partial charge on any atom is -0.241 e. The first kappa shape index (κ1) is 10.3. The molecule has 3 heteroatoms. The van der Waals surface area contributed by atoms with Crippen molar-refractivity contribution in [1.29, 1.82) is 0 Å². The molecule has 0 spiro atoms. The molecule has 2 aromatic rings. The van der Waals surface area contributed by atoms with Gasteiger partial charge in [0, 0.05) is 12.4 Å². The van der Waals surface area contributed by atoms with Gasteiger partial charge >= 0.3 is 0 Å². The number of hydrogen-bond donors (Lipinski definition) is 1. The zero-order chi connectivity index (χ0) is 10.5. The summed E-state index contributed by atoms with van der Waals surface area (Å²) >= 11 is 4.24. The number of aromatic nitrogens is 2. The molecule has 0 saturated heterocycles. The third kappa shape index (κ3) is 2.42. The van der Waals surface area contributed by atoms with Crippen molar-refractivity contribution in [2.45, 2.75) is 12.8 Å². The number of aryl methyl sites for hydroxylation is 1. The molecule has 0 aliphatic carbocycles. The third-order valence-corrected chi connectivity index (χ3v) is 2.66. The summed E-state index contributed by atoms with van der Waals surface area (Å²) in [7, 11) is 0. The second-order valence-corrected chi connectivity index (χ2v) is 3.85. The van der Waals surface area contributed by atoms with Crippen LogP contribution in [0, 0.1) is 0 Å². The average molecular weight is 218 g/mol. The largest absolute Gasteiger partial charge is 0.241 e. The van der Waals surface area contributed by atoms with Crippen LogP contribution in [0.15, 0.2) is 42.7 Å². The van der Waals surface area contributed by atoms with Crippen molar-refractivity contribution in [1.82, 2.24) is 9.78 Å². The zero-order valence-electron chi connectivity index (χ0n) is 8.50. The lowest BCUT2D eigenvalue weighted by Gasteiger charge is -2.08. The van der Waals surface area contributed by atoms with Gasteiger partial charge in [-0.15, -0.1) is 0 Å². The topological polar surface area (TPSA) is 17.8 Å². The second-order valence-electron chi connectivity index (χ2n) is 3.41. The molecule has 2 rings (SSSR count). The van der Waals surface area contributed by atoms with E-state index in [1.165, 1.54) is 11.3 Å². The predicted molar refractivity (Wildman–Crippen MR) is 65.7 cm³/mol. The van der Waals surface area contributed by atoms with Crippen LogP contribution in [0.1, 0.15) is 12.0 Å². The van der Waals surface area contributed by atoms with E-state index in [1.54, 1.807) is 6.20 Å². The van der Waals surface area contributed by atoms with Gasteiger partial charge in [-0.2, -0.15) is 17.7 Å². The number of para-hydroxylation sites is 1. The van der Waals surface area contributed by atoms with Crippen LogP contribution in [-0.2, 0) is 6.42 Å². The molecule has 0 unspecified atom stereocenters. The minimum atomic E-state index is 0.924. The van der Waals surface area contributed by atoms with E-state index in [1.807, 2.05) is 23.0 Å². The summed E-state index contributed by atoms with van der Waals surface area (Å²) in [4.78, 5) is 0. The SMILES string of the molecule is SCCCc1ccccc1-n1cccn1. The van der Waals surface area contributed by atoms with Crippen LogP contribution in [0.25, 0.3) is 5.69 Å². The van der Waals surface area contributed by atoms with Crippen molar-refractivity contribution in [3.63, 3.8) is 0 Å². The Morgan fingerprint density at radius 1 is 1.20 bits per heavy atom. The highest BCUT2D eigenvalue weighted by Gasteiger charge is 2.02. The van der Waals surface area contributed by atoms with Crippen molar-refractivity contribution in [2.24, 2.45) is 0 Å². The van der Waals surface area contributed by atoms with Crippen molar-refractivity contribution >= 4 is 12.6 Å². The Bertz CT molecular complexity index is 409. The van der Waals surface area contributed by atoms with Crippen LogP contribution in [0.2, 0.25) is 0 Å². The Labute approximate surface area is 95.3 Å². The van der Waals surface area contributed by atoms with Gasteiger partial charge in [0.1, 0.15) is 0 Å². The maximum atomic E-state index is 4.25. The maximum Gasteiger partial charge on any atom is 0.0677 e. The first-order chi connectivity index (χ1) is 7.42. The summed E-state index contributed by atoms with van der Waals surface area (Å²) in [5.41, 5.74) is 2.50. The fourth-order valence-electron chi connectivity index (χ4n) is 1.63. The Kier molecular flexibility index (Phi) is 3.45. The summed E-state index contributed by atoms with van der Waals surface area (Å²) in [6.45, 7) is 0. The quantitative estimate of drug-likeness (QED) is 0.781. The highest BCUT2D eigenvalue weighted by Crippen LogP contribution is 2.15. The van der Waals surface area contributed by atoms with Crippen LogP contribution in [-0.4, -0.2) is 15.5 Å². The molecule has 0 aliphatic heterocycles. The fraction of sp³-hybridized carbons (Fsp3) is 0.250.